The Balaban J connectivity index is 1.79. The number of nitrogens with zero attached hydrogens (tertiary/aromatic N) is 1. The van der Waals surface area contributed by atoms with Crippen molar-refractivity contribution in [3.63, 3.8) is 0 Å². The van der Waals surface area contributed by atoms with Gasteiger partial charge in [0.25, 0.3) is 0 Å². The first-order valence-electron chi connectivity index (χ1n) is 6.56. The molecule has 1 aliphatic rings. The lowest BCUT2D eigenvalue weighted by Gasteiger charge is -2.37. The minimum atomic E-state index is 0.511. The van der Waals surface area contributed by atoms with Crippen molar-refractivity contribution in [1.29, 1.82) is 0 Å². The van der Waals surface area contributed by atoms with Crippen LogP contribution in [0.15, 0.2) is 5.38 Å². The number of hydrogen-bond acceptors (Lipinski definition) is 4. The molecule has 0 radical (unpaired) electrons. The van der Waals surface area contributed by atoms with Crippen LogP contribution in [0.1, 0.15) is 36.9 Å². The molecule has 0 unspecified atom stereocenters. The number of aromatic nitrogens is 1. The van der Waals surface area contributed by atoms with Crippen LogP contribution in [0.25, 0.3) is 0 Å². The lowest BCUT2D eigenvalue weighted by atomic mass is 9.76. The number of aryl methyl sites for hydroxylation is 1. The highest BCUT2D eigenvalue weighted by Gasteiger charge is 2.29. The lowest BCUT2D eigenvalue weighted by molar-refractivity contribution is 0.185. The smallest absolute Gasteiger partial charge is 0.107 e. The topological polar surface area (TPSA) is 37.0 Å². The molecule has 96 valence electrons. The molecule has 0 aromatic carbocycles. The van der Waals surface area contributed by atoms with E-state index in [1.807, 2.05) is 0 Å². The molecule has 0 amide bonds. The van der Waals surface area contributed by atoms with E-state index < -0.39 is 0 Å². The van der Waals surface area contributed by atoms with Crippen LogP contribution in [0.3, 0.4) is 0 Å². The van der Waals surface area contributed by atoms with Crippen LogP contribution in [0, 0.1) is 12.3 Å². The molecule has 2 N–H and O–H groups in total. The number of hydrogen-bond donors (Lipinski definition) is 2. The maximum Gasteiger partial charge on any atom is 0.107 e. The summed E-state index contributed by atoms with van der Waals surface area (Å²) in [5.41, 5.74) is 1.65. The third-order valence-electron chi connectivity index (χ3n) is 3.86. The van der Waals surface area contributed by atoms with Crippen molar-refractivity contribution in [2.24, 2.45) is 5.41 Å². The summed E-state index contributed by atoms with van der Waals surface area (Å²) in [7, 11) is 0. The Morgan fingerprint density at radius 3 is 2.82 bits per heavy atom. The predicted octanol–water partition coefficient (Wildman–Crippen LogP) is 2.32. The first kappa shape index (κ1) is 13.0. The number of thiazole rings is 1. The summed E-state index contributed by atoms with van der Waals surface area (Å²) in [6.07, 6.45) is 3.87. The van der Waals surface area contributed by atoms with Crippen LogP contribution in [0.2, 0.25) is 0 Å². The Morgan fingerprint density at radius 2 is 2.24 bits per heavy atom. The molecule has 0 atom stereocenters. The predicted molar refractivity (Wildman–Crippen MR) is 73.4 cm³/mol. The van der Waals surface area contributed by atoms with Crippen molar-refractivity contribution in [3.05, 3.63) is 16.1 Å². The molecular weight excluding hydrogens is 230 g/mol. The van der Waals surface area contributed by atoms with E-state index in [1.165, 1.54) is 37.4 Å². The second kappa shape index (κ2) is 5.94. The van der Waals surface area contributed by atoms with E-state index in [2.05, 4.69) is 34.8 Å². The highest BCUT2D eigenvalue weighted by atomic mass is 32.1. The zero-order chi connectivity index (χ0) is 12.1. The summed E-state index contributed by atoms with van der Waals surface area (Å²) in [6, 6.07) is 0. The SMILES string of the molecule is CCC1(CNCc2nc(C)cs2)CCNCC1. The van der Waals surface area contributed by atoms with E-state index >= 15 is 0 Å². The summed E-state index contributed by atoms with van der Waals surface area (Å²) in [5.74, 6) is 0. The molecule has 3 nitrogen and oxygen atoms in total. The summed E-state index contributed by atoms with van der Waals surface area (Å²) in [6.45, 7) is 8.77. The van der Waals surface area contributed by atoms with Crippen LogP contribution >= 0.6 is 11.3 Å². The Labute approximate surface area is 108 Å². The van der Waals surface area contributed by atoms with Gasteiger partial charge in [0.2, 0.25) is 0 Å². The van der Waals surface area contributed by atoms with E-state index in [4.69, 9.17) is 0 Å². The van der Waals surface area contributed by atoms with E-state index in [1.54, 1.807) is 11.3 Å². The Hall–Kier alpha value is -0.450. The maximum atomic E-state index is 4.49. The zero-order valence-electron chi connectivity index (χ0n) is 10.9. The molecule has 1 saturated heterocycles. The first-order chi connectivity index (χ1) is 8.24. The molecular formula is C13H23N3S. The van der Waals surface area contributed by atoms with Gasteiger partial charge < -0.3 is 10.6 Å². The fourth-order valence-corrected chi connectivity index (χ4v) is 3.27. The van der Waals surface area contributed by atoms with Gasteiger partial charge in [-0.15, -0.1) is 11.3 Å². The van der Waals surface area contributed by atoms with Crippen molar-refractivity contribution in [2.75, 3.05) is 19.6 Å². The zero-order valence-corrected chi connectivity index (χ0v) is 11.7. The maximum absolute atomic E-state index is 4.49. The molecule has 0 aliphatic carbocycles. The molecule has 1 aliphatic heterocycles. The number of nitrogens with one attached hydrogen (secondary N) is 2. The highest BCUT2D eigenvalue weighted by molar-refractivity contribution is 7.09. The van der Waals surface area contributed by atoms with Gasteiger partial charge >= 0.3 is 0 Å². The van der Waals surface area contributed by atoms with Crippen LogP contribution in [-0.4, -0.2) is 24.6 Å². The minimum Gasteiger partial charge on any atom is -0.317 e. The molecule has 0 bridgehead atoms. The summed E-state index contributed by atoms with van der Waals surface area (Å²) in [4.78, 5) is 4.49. The van der Waals surface area contributed by atoms with Crippen molar-refractivity contribution in [2.45, 2.75) is 39.7 Å². The van der Waals surface area contributed by atoms with Crippen LogP contribution in [0.4, 0.5) is 0 Å². The highest BCUT2D eigenvalue weighted by Crippen LogP contribution is 2.31. The molecule has 17 heavy (non-hydrogen) atoms. The van der Waals surface area contributed by atoms with Crippen molar-refractivity contribution in [1.82, 2.24) is 15.6 Å². The van der Waals surface area contributed by atoms with Gasteiger partial charge in [-0.05, 0) is 44.7 Å². The lowest BCUT2D eigenvalue weighted by Crippen LogP contribution is -2.42. The monoisotopic (exact) mass is 253 g/mol. The van der Waals surface area contributed by atoms with Crippen LogP contribution < -0.4 is 10.6 Å². The third kappa shape index (κ3) is 3.50. The summed E-state index contributed by atoms with van der Waals surface area (Å²) < 4.78 is 0. The second-order valence-corrected chi connectivity index (χ2v) is 6.03. The second-order valence-electron chi connectivity index (χ2n) is 5.09. The number of piperidine rings is 1. The van der Waals surface area contributed by atoms with Gasteiger partial charge in [-0.25, -0.2) is 4.98 Å². The molecule has 0 spiro atoms. The Morgan fingerprint density at radius 1 is 1.47 bits per heavy atom. The summed E-state index contributed by atoms with van der Waals surface area (Å²) in [5, 5.41) is 10.4. The number of rotatable bonds is 5. The third-order valence-corrected chi connectivity index (χ3v) is 4.82. The van der Waals surface area contributed by atoms with Crippen molar-refractivity contribution < 1.29 is 0 Å². The molecule has 2 heterocycles. The molecule has 1 aromatic rings. The summed E-state index contributed by atoms with van der Waals surface area (Å²) >= 11 is 1.76. The van der Waals surface area contributed by atoms with E-state index in [-0.39, 0.29) is 0 Å². The largest absolute Gasteiger partial charge is 0.317 e. The van der Waals surface area contributed by atoms with Crippen LogP contribution in [0.5, 0.6) is 0 Å². The van der Waals surface area contributed by atoms with Gasteiger partial charge in [0, 0.05) is 24.2 Å². The van der Waals surface area contributed by atoms with Crippen LogP contribution in [-0.2, 0) is 6.54 Å². The Kier molecular flexibility index (Phi) is 4.54. The normalized spacial score (nSPS) is 19.4. The van der Waals surface area contributed by atoms with E-state index in [0.29, 0.717) is 5.41 Å². The molecule has 4 heteroatoms. The standard InChI is InChI=1S/C13H23N3S/c1-3-13(4-6-14-7-5-13)10-15-8-12-16-11(2)9-17-12/h9,14-15H,3-8,10H2,1-2H3. The molecule has 1 aromatic heterocycles. The average molecular weight is 253 g/mol. The van der Waals surface area contributed by atoms with Gasteiger partial charge in [0.15, 0.2) is 0 Å². The minimum absolute atomic E-state index is 0.511. The van der Waals surface area contributed by atoms with Gasteiger partial charge in [0.1, 0.15) is 5.01 Å². The fourth-order valence-electron chi connectivity index (χ4n) is 2.53. The first-order valence-corrected chi connectivity index (χ1v) is 7.44. The van der Waals surface area contributed by atoms with Crippen molar-refractivity contribution in [3.8, 4) is 0 Å². The van der Waals surface area contributed by atoms with Gasteiger partial charge in [-0.2, -0.15) is 0 Å². The van der Waals surface area contributed by atoms with E-state index in [0.717, 1.165) is 18.8 Å². The van der Waals surface area contributed by atoms with E-state index in [9.17, 15) is 0 Å². The van der Waals surface area contributed by atoms with Gasteiger partial charge in [-0.1, -0.05) is 6.92 Å². The molecule has 0 saturated carbocycles. The molecule has 1 fully saturated rings. The van der Waals surface area contributed by atoms with Gasteiger partial charge in [-0.3, -0.25) is 0 Å². The van der Waals surface area contributed by atoms with Gasteiger partial charge in [0.05, 0.1) is 0 Å². The Bertz CT molecular complexity index is 342. The average Bonchev–Trinajstić information content (AvgIpc) is 2.76. The molecule has 2 rings (SSSR count). The fraction of sp³-hybridized carbons (Fsp3) is 0.769. The van der Waals surface area contributed by atoms with Crippen molar-refractivity contribution >= 4 is 11.3 Å². The quantitative estimate of drug-likeness (QED) is 0.845.